The van der Waals surface area contributed by atoms with Gasteiger partial charge in [-0.2, -0.15) is 0 Å². The third kappa shape index (κ3) is 5.44. The number of carbonyl (C=O) groups is 1. The molecule has 7 heteroatoms. The molecule has 0 saturated carbocycles. The summed E-state index contributed by atoms with van der Waals surface area (Å²) < 4.78 is 26.6. The van der Waals surface area contributed by atoms with Crippen LogP contribution in [-0.4, -0.2) is 33.5 Å². The van der Waals surface area contributed by atoms with Gasteiger partial charge in [0.25, 0.3) is 0 Å². The first-order valence-electron chi connectivity index (χ1n) is 7.47. The van der Waals surface area contributed by atoms with E-state index in [4.69, 9.17) is 9.84 Å². The van der Waals surface area contributed by atoms with Crippen molar-refractivity contribution in [3.05, 3.63) is 65.7 Å². The number of ether oxygens (including phenoxy) is 1. The SMILES string of the molecule is COc1ccc(C(C=Cc2ccccc2)S(=O)O)cc1NCC(=O)O. The number of hydrogen-bond donors (Lipinski definition) is 3. The van der Waals surface area contributed by atoms with Crippen LogP contribution in [0.2, 0.25) is 0 Å². The van der Waals surface area contributed by atoms with Gasteiger partial charge in [-0.3, -0.25) is 4.79 Å². The van der Waals surface area contributed by atoms with Crippen molar-refractivity contribution in [2.75, 3.05) is 19.0 Å². The van der Waals surface area contributed by atoms with Gasteiger partial charge >= 0.3 is 5.97 Å². The Bertz CT molecular complexity index is 776. The largest absolute Gasteiger partial charge is 0.495 e. The minimum atomic E-state index is -2.13. The molecule has 0 aliphatic heterocycles. The molecule has 0 aromatic heterocycles. The highest BCUT2D eigenvalue weighted by molar-refractivity contribution is 7.79. The van der Waals surface area contributed by atoms with E-state index in [1.54, 1.807) is 30.4 Å². The Morgan fingerprint density at radius 1 is 1.28 bits per heavy atom. The van der Waals surface area contributed by atoms with Gasteiger partial charge in [0.15, 0.2) is 11.1 Å². The van der Waals surface area contributed by atoms with E-state index >= 15 is 0 Å². The normalized spacial score (nSPS) is 13.4. The Kier molecular flexibility index (Phi) is 6.73. The molecule has 0 bridgehead atoms. The lowest BCUT2D eigenvalue weighted by molar-refractivity contribution is -0.134. The molecule has 2 aromatic carbocycles. The molecule has 0 aliphatic carbocycles. The number of carboxylic acids is 1. The Hall–Kier alpha value is -2.64. The van der Waals surface area contributed by atoms with Crippen molar-refractivity contribution in [3.8, 4) is 5.75 Å². The predicted octanol–water partition coefficient (Wildman–Crippen LogP) is 3.17. The summed E-state index contributed by atoms with van der Waals surface area (Å²) in [6, 6.07) is 14.4. The molecule has 25 heavy (non-hydrogen) atoms. The maximum absolute atomic E-state index is 11.8. The number of rotatable bonds is 8. The molecule has 3 N–H and O–H groups in total. The molecule has 0 amide bonds. The van der Waals surface area contributed by atoms with Crippen LogP contribution in [0.25, 0.3) is 6.08 Å². The zero-order valence-corrected chi connectivity index (χ0v) is 14.4. The molecule has 2 unspecified atom stereocenters. The van der Waals surface area contributed by atoms with E-state index in [9.17, 15) is 13.6 Å². The summed E-state index contributed by atoms with van der Waals surface area (Å²) in [5.41, 5.74) is 1.93. The van der Waals surface area contributed by atoms with Gasteiger partial charge in [-0.25, -0.2) is 4.21 Å². The van der Waals surface area contributed by atoms with E-state index in [1.165, 1.54) is 7.11 Å². The second-order valence-electron chi connectivity index (χ2n) is 5.17. The van der Waals surface area contributed by atoms with Crippen molar-refractivity contribution in [3.63, 3.8) is 0 Å². The second kappa shape index (κ2) is 9.00. The Morgan fingerprint density at radius 2 is 2.00 bits per heavy atom. The van der Waals surface area contributed by atoms with Gasteiger partial charge in [-0.05, 0) is 23.3 Å². The molecule has 6 nitrogen and oxygen atoms in total. The van der Waals surface area contributed by atoms with E-state index < -0.39 is 22.3 Å². The van der Waals surface area contributed by atoms with Crippen molar-refractivity contribution < 1.29 is 23.4 Å². The average Bonchev–Trinajstić information content (AvgIpc) is 2.60. The fraction of sp³-hybridized carbons (Fsp3) is 0.167. The minimum Gasteiger partial charge on any atom is -0.495 e. The van der Waals surface area contributed by atoms with Gasteiger partial charge in [0, 0.05) is 0 Å². The van der Waals surface area contributed by atoms with Crippen LogP contribution in [0.1, 0.15) is 16.4 Å². The highest BCUT2D eigenvalue weighted by Gasteiger charge is 2.17. The van der Waals surface area contributed by atoms with Gasteiger partial charge < -0.3 is 19.7 Å². The van der Waals surface area contributed by atoms with Crippen LogP contribution < -0.4 is 10.1 Å². The molecule has 0 radical (unpaired) electrons. The third-order valence-corrected chi connectivity index (χ3v) is 4.33. The van der Waals surface area contributed by atoms with Crippen LogP contribution in [0.3, 0.4) is 0 Å². The van der Waals surface area contributed by atoms with Crippen molar-refractivity contribution in [1.29, 1.82) is 0 Å². The van der Waals surface area contributed by atoms with Gasteiger partial charge in [0.05, 0.1) is 12.8 Å². The standard InChI is InChI=1S/C18H19NO5S/c1-24-16-9-8-14(11-15(16)19-12-18(20)21)17(25(22)23)10-7-13-5-3-2-4-6-13/h2-11,17,19H,12H2,1H3,(H,20,21)(H,22,23). The topological polar surface area (TPSA) is 95.9 Å². The number of benzene rings is 2. The molecule has 0 saturated heterocycles. The average molecular weight is 361 g/mol. The maximum Gasteiger partial charge on any atom is 0.322 e. The molecule has 2 aromatic rings. The van der Waals surface area contributed by atoms with Crippen molar-refractivity contribution in [1.82, 2.24) is 0 Å². The molecular weight excluding hydrogens is 342 g/mol. The zero-order valence-electron chi connectivity index (χ0n) is 13.6. The fourth-order valence-corrected chi connectivity index (χ4v) is 2.86. The first kappa shape index (κ1) is 18.7. The molecular formula is C18H19NO5S. The van der Waals surface area contributed by atoms with E-state index in [1.807, 2.05) is 30.3 Å². The molecule has 0 fully saturated rings. The Balaban J connectivity index is 2.31. The van der Waals surface area contributed by atoms with Crippen molar-refractivity contribution in [2.24, 2.45) is 0 Å². The van der Waals surface area contributed by atoms with Crippen LogP contribution in [0.15, 0.2) is 54.6 Å². The minimum absolute atomic E-state index is 0.285. The van der Waals surface area contributed by atoms with E-state index in [2.05, 4.69) is 5.32 Å². The van der Waals surface area contributed by atoms with Crippen molar-refractivity contribution >= 4 is 28.8 Å². The molecule has 2 atom stereocenters. The molecule has 2 rings (SSSR count). The second-order valence-corrected chi connectivity index (χ2v) is 6.23. The first-order valence-corrected chi connectivity index (χ1v) is 8.64. The lowest BCUT2D eigenvalue weighted by Gasteiger charge is -2.14. The summed E-state index contributed by atoms with van der Waals surface area (Å²) in [6.07, 6.45) is 3.42. The van der Waals surface area contributed by atoms with Gasteiger partial charge in [0.2, 0.25) is 0 Å². The highest BCUT2D eigenvalue weighted by Crippen LogP contribution is 2.31. The predicted molar refractivity (Wildman–Crippen MR) is 98.1 cm³/mol. The van der Waals surface area contributed by atoms with Crippen LogP contribution in [0.5, 0.6) is 5.75 Å². The number of methoxy groups -OCH3 is 1. The number of aliphatic carboxylic acids is 1. The molecule has 0 heterocycles. The lowest BCUT2D eigenvalue weighted by Crippen LogP contribution is -2.13. The van der Waals surface area contributed by atoms with Crippen LogP contribution >= 0.6 is 0 Å². The van der Waals surface area contributed by atoms with Crippen LogP contribution in [0, 0.1) is 0 Å². The molecule has 0 spiro atoms. The van der Waals surface area contributed by atoms with E-state index in [0.717, 1.165) is 5.56 Å². The summed E-state index contributed by atoms with van der Waals surface area (Å²) in [5, 5.41) is 10.8. The molecule has 0 aliphatic rings. The van der Waals surface area contributed by atoms with Gasteiger partial charge in [-0.1, -0.05) is 48.6 Å². The summed E-state index contributed by atoms with van der Waals surface area (Å²) in [6.45, 7) is -0.285. The highest BCUT2D eigenvalue weighted by atomic mass is 32.2. The van der Waals surface area contributed by atoms with E-state index in [0.29, 0.717) is 17.0 Å². The number of hydrogen-bond acceptors (Lipinski definition) is 4. The molecule has 132 valence electrons. The summed E-state index contributed by atoms with van der Waals surface area (Å²) in [4.78, 5) is 10.8. The lowest BCUT2D eigenvalue weighted by atomic mass is 10.1. The number of carboxylic acid groups (broad SMARTS) is 1. The van der Waals surface area contributed by atoms with Crippen molar-refractivity contribution in [2.45, 2.75) is 5.25 Å². The van der Waals surface area contributed by atoms with Gasteiger partial charge in [-0.15, -0.1) is 0 Å². The Labute approximate surface area is 148 Å². The summed E-state index contributed by atoms with van der Waals surface area (Å²) in [7, 11) is 1.47. The Morgan fingerprint density at radius 3 is 2.60 bits per heavy atom. The smallest absolute Gasteiger partial charge is 0.322 e. The number of anilines is 1. The fourth-order valence-electron chi connectivity index (χ4n) is 2.27. The van der Waals surface area contributed by atoms with Crippen LogP contribution in [0.4, 0.5) is 5.69 Å². The summed E-state index contributed by atoms with van der Waals surface area (Å²) >= 11 is -2.13. The maximum atomic E-state index is 11.8. The quantitative estimate of drug-likeness (QED) is 0.625. The van der Waals surface area contributed by atoms with E-state index in [-0.39, 0.29) is 6.54 Å². The van der Waals surface area contributed by atoms with Gasteiger partial charge in [0.1, 0.15) is 17.5 Å². The summed E-state index contributed by atoms with van der Waals surface area (Å²) in [5.74, 6) is -0.557. The first-order chi connectivity index (χ1) is 12.0. The zero-order chi connectivity index (χ0) is 18.2. The number of nitrogens with one attached hydrogen (secondary N) is 1. The van der Waals surface area contributed by atoms with Crippen LogP contribution in [-0.2, 0) is 15.9 Å². The third-order valence-electron chi connectivity index (χ3n) is 3.46. The monoisotopic (exact) mass is 361 g/mol.